The van der Waals surface area contributed by atoms with Crippen molar-refractivity contribution in [1.29, 1.82) is 10.5 Å². The smallest absolute Gasteiger partial charge is 0.247 e. The number of hydrogen-bond acceptors (Lipinski definition) is 10. The summed E-state index contributed by atoms with van der Waals surface area (Å²) in [4.78, 5) is 13.0. The van der Waals surface area contributed by atoms with Crippen LogP contribution in [0.4, 0.5) is 27.5 Å². The Morgan fingerprint density at radius 1 is 1.19 bits per heavy atom. The third kappa shape index (κ3) is 4.83. The zero-order chi connectivity index (χ0) is 25.5. The van der Waals surface area contributed by atoms with E-state index in [2.05, 4.69) is 42.7 Å². The maximum Gasteiger partial charge on any atom is 0.247 e. The molecule has 1 saturated carbocycles. The average molecular weight is 523 g/mol. The van der Waals surface area contributed by atoms with Gasteiger partial charge in [-0.2, -0.15) is 20.0 Å². The molecule has 3 aromatic rings. The van der Waals surface area contributed by atoms with Gasteiger partial charge in [-0.25, -0.2) is 9.37 Å². The highest BCUT2D eigenvalue weighted by Gasteiger charge is 2.31. The van der Waals surface area contributed by atoms with Crippen LogP contribution in [0, 0.1) is 22.7 Å². The van der Waals surface area contributed by atoms with Crippen molar-refractivity contribution in [2.45, 2.75) is 31.2 Å². The molecule has 0 amide bonds. The van der Waals surface area contributed by atoms with E-state index in [0.717, 1.165) is 12.8 Å². The number of fused-ring (bicyclic) bond motifs is 1. The number of halogens is 2. The highest BCUT2D eigenvalue weighted by molar-refractivity contribution is 6.36. The quantitative estimate of drug-likeness (QED) is 0.477. The Morgan fingerprint density at radius 3 is 2.76 bits per heavy atom. The van der Waals surface area contributed by atoms with E-state index in [1.54, 1.807) is 12.1 Å². The second-order valence-electron chi connectivity index (χ2n) is 9.54. The molecule has 1 atom stereocenters. The Kier molecular flexibility index (Phi) is 6.16. The van der Waals surface area contributed by atoms with Crippen LogP contribution in [0.1, 0.15) is 24.1 Å². The number of nitrogens with one attached hydrogen (secondary N) is 2. The van der Waals surface area contributed by atoms with Crippen molar-refractivity contribution in [3.8, 4) is 12.1 Å². The molecular formula is C24H24ClFN10O. The molecule has 0 bridgehead atoms. The monoisotopic (exact) mass is 522 g/mol. The van der Waals surface area contributed by atoms with Gasteiger partial charge in [0.2, 0.25) is 5.95 Å². The summed E-state index contributed by atoms with van der Waals surface area (Å²) in [5.41, 5.74) is 2.33. The number of likely N-dealkylation sites (tertiary alicyclic amines) is 1. The van der Waals surface area contributed by atoms with E-state index >= 15 is 0 Å². The number of nitrogens with zero attached hydrogens (tertiary/aromatic N) is 8. The SMILES string of the molecule is N#Cc1cc(Nc2nc(NC3CC3)c3ncc(C#N)n3n2)c(Cl)c(N2CCOC(CN3CC(F)C3)C2)c1. The van der Waals surface area contributed by atoms with Gasteiger partial charge in [0.15, 0.2) is 17.2 Å². The first-order valence-electron chi connectivity index (χ1n) is 12.2. The molecule has 4 heterocycles. The van der Waals surface area contributed by atoms with Gasteiger partial charge < -0.3 is 20.3 Å². The fourth-order valence-corrected chi connectivity index (χ4v) is 4.91. The highest BCUT2D eigenvalue weighted by Crippen LogP contribution is 2.37. The average Bonchev–Trinajstić information content (AvgIpc) is 3.60. The van der Waals surface area contributed by atoms with Gasteiger partial charge in [0, 0.05) is 38.8 Å². The summed E-state index contributed by atoms with van der Waals surface area (Å²) >= 11 is 6.86. The van der Waals surface area contributed by atoms with Gasteiger partial charge in [0.1, 0.15) is 12.2 Å². The van der Waals surface area contributed by atoms with E-state index in [-0.39, 0.29) is 17.7 Å². The topological polar surface area (TPSA) is 130 Å². The summed E-state index contributed by atoms with van der Waals surface area (Å²) in [6.07, 6.45) is 2.68. The first-order chi connectivity index (χ1) is 18.0. The van der Waals surface area contributed by atoms with Crippen molar-refractivity contribution in [2.75, 3.05) is 54.9 Å². The van der Waals surface area contributed by atoms with Crippen molar-refractivity contribution in [2.24, 2.45) is 0 Å². The minimum absolute atomic E-state index is 0.0908. The molecule has 0 spiro atoms. The van der Waals surface area contributed by atoms with E-state index in [1.807, 2.05) is 4.90 Å². The molecule has 0 radical (unpaired) electrons. The Balaban J connectivity index is 1.29. The molecule has 2 N–H and O–H groups in total. The highest BCUT2D eigenvalue weighted by atomic mass is 35.5. The summed E-state index contributed by atoms with van der Waals surface area (Å²) in [5, 5.41) is 30.6. The second-order valence-corrected chi connectivity index (χ2v) is 9.92. The van der Waals surface area contributed by atoms with Gasteiger partial charge in [0.05, 0.1) is 46.9 Å². The Labute approximate surface area is 217 Å². The van der Waals surface area contributed by atoms with Gasteiger partial charge in [-0.05, 0) is 25.0 Å². The summed E-state index contributed by atoms with van der Waals surface area (Å²) in [7, 11) is 0. The molecule has 190 valence electrons. The van der Waals surface area contributed by atoms with Crippen LogP contribution in [-0.2, 0) is 4.74 Å². The van der Waals surface area contributed by atoms with Crippen molar-refractivity contribution in [3.63, 3.8) is 0 Å². The third-order valence-corrected chi connectivity index (χ3v) is 7.08. The Hall–Kier alpha value is -3.71. The molecular weight excluding hydrogens is 499 g/mol. The molecule has 1 unspecified atom stereocenters. The number of anilines is 4. The number of morpholine rings is 1. The number of hydrogen-bond donors (Lipinski definition) is 2. The number of nitriles is 2. The fourth-order valence-electron chi connectivity index (χ4n) is 4.64. The van der Waals surface area contributed by atoms with Gasteiger partial charge in [-0.15, -0.1) is 5.10 Å². The van der Waals surface area contributed by atoms with Crippen LogP contribution < -0.4 is 15.5 Å². The molecule has 2 aliphatic heterocycles. The minimum Gasteiger partial charge on any atom is -0.373 e. The molecule has 1 aliphatic carbocycles. The summed E-state index contributed by atoms with van der Waals surface area (Å²) in [6, 6.07) is 8.00. The zero-order valence-corrected chi connectivity index (χ0v) is 20.6. The lowest BCUT2D eigenvalue weighted by molar-refractivity contribution is -0.0202. The van der Waals surface area contributed by atoms with Gasteiger partial charge in [-0.3, -0.25) is 4.90 Å². The van der Waals surface area contributed by atoms with Crippen LogP contribution in [-0.4, -0.2) is 82.1 Å². The van der Waals surface area contributed by atoms with Crippen LogP contribution in [0.3, 0.4) is 0 Å². The largest absolute Gasteiger partial charge is 0.373 e. The molecule has 13 heteroatoms. The Bertz CT molecular complexity index is 1420. The molecule has 6 rings (SSSR count). The van der Waals surface area contributed by atoms with E-state index in [0.29, 0.717) is 78.8 Å². The lowest BCUT2D eigenvalue weighted by atomic mass is 10.1. The van der Waals surface area contributed by atoms with Crippen molar-refractivity contribution in [3.05, 3.63) is 34.6 Å². The van der Waals surface area contributed by atoms with E-state index in [9.17, 15) is 14.9 Å². The van der Waals surface area contributed by atoms with Crippen LogP contribution in [0.15, 0.2) is 18.3 Å². The maximum atomic E-state index is 13.2. The van der Waals surface area contributed by atoms with Crippen LogP contribution in [0.5, 0.6) is 0 Å². The van der Waals surface area contributed by atoms with Crippen LogP contribution >= 0.6 is 11.6 Å². The number of ether oxygens (including phenoxy) is 1. The lowest BCUT2D eigenvalue weighted by Gasteiger charge is -2.41. The van der Waals surface area contributed by atoms with Crippen molar-refractivity contribution < 1.29 is 9.13 Å². The van der Waals surface area contributed by atoms with Crippen molar-refractivity contribution >= 4 is 40.4 Å². The molecule has 2 saturated heterocycles. The standard InChI is InChI=1S/C24H24ClFN10O/c25-21-19(31-24-32-22(30-16-1-2-16)23-29-9-17(8-28)36(23)33-24)5-14(7-27)6-20(21)35-3-4-37-18(13-35)12-34-10-15(26)11-34/h5-6,9,15-16,18H,1-4,10-13H2,(H2,30,31,32,33). The second kappa shape index (κ2) is 9.63. The lowest BCUT2D eigenvalue weighted by Crippen LogP contribution is -2.55. The van der Waals surface area contributed by atoms with Crippen LogP contribution in [0.25, 0.3) is 5.65 Å². The molecule has 1 aromatic carbocycles. The summed E-state index contributed by atoms with van der Waals surface area (Å²) in [6.45, 7) is 3.19. The maximum absolute atomic E-state index is 13.2. The van der Waals surface area contributed by atoms with Crippen molar-refractivity contribution in [1.82, 2.24) is 24.5 Å². The number of rotatable bonds is 7. The zero-order valence-electron chi connectivity index (χ0n) is 19.9. The van der Waals surface area contributed by atoms with E-state index in [1.165, 1.54) is 10.7 Å². The third-order valence-electron chi connectivity index (χ3n) is 6.68. The number of aromatic nitrogens is 4. The number of benzene rings is 1. The van der Waals surface area contributed by atoms with E-state index < -0.39 is 6.17 Å². The van der Waals surface area contributed by atoms with Crippen LogP contribution in [0.2, 0.25) is 5.02 Å². The van der Waals surface area contributed by atoms with E-state index in [4.69, 9.17) is 16.3 Å². The van der Waals surface area contributed by atoms with Gasteiger partial charge >= 0.3 is 0 Å². The fraction of sp³-hybridized carbons (Fsp3) is 0.458. The minimum atomic E-state index is -0.761. The predicted octanol–water partition coefficient (Wildman–Crippen LogP) is 2.70. The molecule has 11 nitrogen and oxygen atoms in total. The predicted molar refractivity (Wildman–Crippen MR) is 135 cm³/mol. The summed E-state index contributed by atoms with van der Waals surface area (Å²) < 4.78 is 20.6. The molecule has 2 aromatic heterocycles. The normalized spacial score (nSPS) is 20.3. The van der Waals surface area contributed by atoms with Gasteiger partial charge in [-0.1, -0.05) is 11.6 Å². The molecule has 3 aliphatic rings. The number of imidazole rings is 1. The number of alkyl halides is 1. The Morgan fingerprint density at radius 2 is 2.03 bits per heavy atom. The first-order valence-corrected chi connectivity index (χ1v) is 12.5. The summed E-state index contributed by atoms with van der Waals surface area (Å²) in [5.74, 6) is 0.735. The molecule has 37 heavy (non-hydrogen) atoms. The molecule has 3 fully saturated rings. The van der Waals surface area contributed by atoms with Gasteiger partial charge in [0.25, 0.3) is 0 Å². The first kappa shape index (κ1) is 23.7.